The molecule has 0 saturated heterocycles. The molecule has 0 aliphatic carbocycles. The zero-order valence-electron chi connectivity index (χ0n) is 18.8. The summed E-state index contributed by atoms with van der Waals surface area (Å²) >= 11 is 6.02. The van der Waals surface area contributed by atoms with Crippen molar-refractivity contribution in [2.75, 3.05) is 17.1 Å². The van der Waals surface area contributed by atoms with Gasteiger partial charge in [-0.25, -0.2) is 18.1 Å². The second-order valence-corrected chi connectivity index (χ2v) is 9.63. The molecule has 8 nitrogen and oxygen atoms in total. The molecule has 2 N–H and O–H groups in total. The van der Waals surface area contributed by atoms with Crippen LogP contribution >= 0.6 is 11.6 Å². The Labute approximate surface area is 208 Å². The van der Waals surface area contributed by atoms with Crippen molar-refractivity contribution in [2.45, 2.75) is 11.8 Å². The van der Waals surface area contributed by atoms with Crippen molar-refractivity contribution in [3.8, 4) is 23.1 Å². The van der Waals surface area contributed by atoms with Gasteiger partial charge in [-0.2, -0.15) is 10.2 Å². The number of methoxy groups -OCH3 is 1. The topological polar surface area (TPSA) is 117 Å². The second-order valence-electron chi connectivity index (χ2n) is 7.51. The summed E-state index contributed by atoms with van der Waals surface area (Å²) in [4.78, 5) is 8.76. The number of nitrogens with zero attached hydrogens (tertiary/aromatic N) is 3. The van der Waals surface area contributed by atoms with Gasteiger partial charge in [0, 0.05) is 16.3 Å². The summed E-state index contributed by atoms with van der Waals surface area (Å²) in [6, 6.07) is 22.2. The molecule has 0 aliphatic heterocycles. The van der Waals surface area contributed by atoms with Gasteiger partial charge < -0.3 is 10.1 Å². The predicted molar refractivity (Wildman–Crippen MR) is 135 cm³/mol. The lowest BCUT2D eigenvalue weighted by molar-refractivity contribution is 0.415. The fourth-order valence-corrected chi connectivity index (χ4v) is 4.30. The van der Waals surface area contributed by atoms with Gasteiger partial charge in [-0.15, -0.1) is 0 Å². The minimum absolute atomic E-state index is 0.0637. The maximum Gasteiger partial charge on any atom is 0.264 e. The Kier molecular flexibility index (Phi) is 6.87. The molecule has 4 aromatic rings. The van der Waals surface area contributed by atoms with E-state index in [1.54, 1.807) is 67.8 Å². The largest absolute Gasteiger partial charge is 0.497 e. The van der Waals surface area contributed by atoms with Crippen LogP contribution in [0, 0.1) is 18.3 Å². The Hall–Kier alpha value is -4.13. The third kappa shape index (κ3) is 5.51. The van der Waals surface area contributed by atoms with Gasteiger partial charge in [-0.1, -0.05) is 41.4 Å². The summed E-state index contributed by atoms with van der Waals surface area (Å²) in [6.45, 7) is 1.86. The molecular weight excluding hydrogens is 486 g/mol. The standard InChI is InChI=1S/C25H20ClN5O3S/c1-16-3-13-21(14-4-16)35(32,33)31-25-29-23(17-5-7-18(26)8-6-17)22(15-27)24(30-25)28-19-9-11-20(34-2)12-10-19/h3-14H,1-2H3,(H2,28,29,30,31). The Morgan fingerprint density at radius 3 is 2.20 bits per heavy atom. The first-order valence-corrected chi connectivity index (χ1v) is 12.2. The van der Waals surface area contributed by atoms with Crippen LogP contribution in [0.25, 0.3) is 11.3 Å². The quantitative estimate of drug-likeness (QED) is 0.339. The molecule has 0 fully saturated rings. The maximum atomic E-state index is 13.0. The van der Waals surface area contributed by atoms with E-state index in [-0.39, 0.29) is 27.9 Å². The van der Waals surface area contributed by atoms with Crippen LogP contribution in [0.5, 0.6) is 5.75 Å². The summed E-state index contributed by atoms with van der Waals surface area (Å²) in [6.07, 6.45) is 0. The minimum Gasteiger partial charge on any atom is -0.497 e. The van der Waals surface area contributed by atoms with E-state index in [4.69, 9.17) is 16.3 Å². The van der Waals surface area contributed by atoms with Crippen molar-refractivity contribution in [2.24, 2.45) is 0 Å². The molecule has 35 heavy (non-hydrogen) atoms. The second kappa shape index (κ2) is 10.0. The van der Waals surface area contributed by atoms with Crippen molar-refractivity contribution in [3.05, 3.63) is 88.9 Å². The summed E-state index contributed by atoms with van der Waals surface area (Å²) < 4.78 is 33.6. The van der Waals surface area contributed by atoms with Gasteiger partial charge in [0.05, 0.1) is 17.7 Å². The average Bonchev–Trinajstić information content (AvgIpc) is 2.85. The number of aryl methyl sites for hydroxylation is 1. The lowest BCUT2D eigenvalue weighted by Gasteiger charge is -2.14. The highest BCUT2D eigenvalue weighted by molar-refractivity contribution is 7.92. The van der Waals surface area contributed by atoms with Gasteiger partial charge in [-0.3, -0.25) is 0 Å². The van der Waals surface area contributed by atoms with Crippen molar-refractivity contribution < 1.29 is 13.2 Å². The molecule has 176 valence electrons. The molecule has 10 heteroatoms. The number of nitriles is 1. The number of ether oxygens (including phenoxy) is 1. The van der Waals surface area contributed by atoms with E-state index in [2.05, 4.69) is 26.1 Å². The average molecular weight is 506 g/mol. The van der Waals surface area contributed by atoms with Gasteiger partial charge in [-0.05, 0) is 55.5 Å². The molecule has 3 aromatic carbocycles. The molecule has 0 amide bonds. The summed E-state index contributed by atoms with van der Waals surface area (Å²) in [5.74, 6) is 0.608. The van der Waals surface area contributed by atoms with Crippen LogP contribution in [0.2, 0.25) is 5.02 Å². The van der Waals surface area contributed by atoms with E-state index < -0.39 is 10.0 Å². The SMILES string of the molecule is COc1ccc(Nc2nc(NS(=O)(=O)c3ccc(C)cc3)nc(-c3ccc(Cl)cc3)c2C#N)cc1. The monoisotopic (exact) mass is 505 g/mol. The van der Waals surface area contributed by atoms with E-state index >= 15 is 0 Å². The zero-order valence-corrected chi connectivity index (χ0v) is 20.4. The minimum atomic E-state index is -3.98. The number of sulfonamides is 1. The highest BCUT2D eigenvalue weighted by Gasteiger charge is 2.21. The van der Waals surface area contributed by atoms with Gasteiger partial charge >= 0.3 is 0 Å². The van der Waals surface area contributed by atoms with Crippen molar-refractivity contribution in [1.82, 2.24) is 9.97 Å². The molecule has 0 unspecified atom stereocenters. The number of rotatable bonds is 7. The van der Waals surface area contributed by atoms with Crippen molar-refractivity contribution in [1.29, 1.82) is 5.26 Å². The van der Waals surface area contributed by atoms with Gasteiger partial charge in [0.2, 0.25) is 5.95 Å². The number of aromatic nitrogens is 2. The highest BCUT2D eigenvalue weighted by Crippen LogP contribution is 2.31. The molecule has 0 aliphatic rings. The van der Waals surface area contributed by atoms with Gasteiger partial charge in [0.1, 0.15) is 17.4 Å². The molecule has 4 rings (SSSR count). The molecule has 0 saturated carbocycles. The van der Waals surface area contributed by atoms with Gasteiger partial charge in [0.25, 0.3) is 10.0 Å². The lowest BCUT2D eigenvalue weighted by Crippen LogP contribution is -2.16. The fraction of sp³-hybridized carbons (Fsp3) is 0.0800. The Morgan fingerprint density at radius 1 is 0.943 bits per heavy atom. The first-order chi connectivity index (χ1) is 16.8. The molecule has 1 aromatic heterocycles. The Morgan fingerprint density at radius 2 is 1.60 bits per heavy atom. The van der Waals surface area contributed by atoms with Crippen LogP contribution in [0.4, 0.5) is 17.5 Å². The first-order valence-electron chi connectivity index (χ1n) is 10.4. The summed E-state index contributed by atoms with van der Waals surface area (Å²) in [7, 11) is -2.42. The van der Waals surface area contributed by atoms with Crippen LogP contribution < -0.4 is 14.8 Å². The fourth-order valence-electron chi connectivity index (χ4n) is 3.23. The molecule has 0 spiro atoms. The third-order valence-electron chi connectivity index (χ3n) is 5.05. The number of hydrogen-bond donors (Lipinski definition) is 2. The van der Waals surface area contributed by atoms with Gasteiger partial charge in [0.15, 0.2) is 5.82 Å². The molecule has 0 radical (unpaired) electrons. The number of hydrogen-bond acceptors (Lipinski definition) is 7. The smallest absolute Gasteiger partial charge is 0.264 e. The lowest BCUT2D eigenvalue weighted by atomic mass is 10.1. The number of halogens is 1. The van der Waals surface area contributed by atoms with E-state index in [9.17, 15) is 13.7 Å². The first kappa shape index (κ1) is 24.0. The van der Waals surface area contributed by atoms with E-state index in [0.717, 1.165) is 5.56 Å². The van der Waals surface area contributed by atoms with Crippen LogP contribution in [0.15, 0.2) is 77.7 Å². The molecule has 0 bridgehead atoms. The number of nitrogens with one attached hydrogen (secondary N) is 2. The van der Waals surface area contributed by atoms with E-state index in [0.29, 0.717) is 22.0 Å². The molecule has 1 heterocycles. The summed E-state index contributed by atoms with van der Waals surface area (Å²) in [5, 5.41) is 13.5. The Bertz CT molecular complexity index is 1500. The van der Waals surface area contributed by atoms with Crippen LogP contribution in [0.3, 0.4) is 0 Å². The van der Waals surface area contributed by atoms with Crippen molar-refractivity contribution in [3.63, 3.8) is 0 Å². The highest BCUT2D eigenvalue weighted by atomic mass is 35.5. The predicted octanol–water partition coefficient (Wildman–Crippen LogP) is 5.53. The van der Waals surface area contributed by atoms with E-state index in [1.807, 2.05) is 6.92 Å². The Balaban J connectivity index is 1.81. The third-order valence-corrected chi connectivity index (χ3v) is 6.64. The zero-order chi connectivity index (χ0) is 25.0. The molecular formula is C25H20ClN5O3S. The van der Waals surface area contributed by atoms with E-state index in [1.165, 1.54) is 12.1 Å². The molecule has 0 atom stereocenters. The van der Waals surface area contributed by atoms with Crippen LogP contribution in [-0.2, 0) is 10.0 Å². The summed E-state index contributed by atoms with van der Waals surface area (Å²) in [5.41, 5.74) is 2.50. The van der Waals surface area contributed by atoms with Crippen LogP contribution in [-0.4, -0.2) is 25.5 Å². The van der Waals surface area contributed by atoms with Crippen molar-refractivity contribution >= 4 is 39.1 Å². The number of benzene rings is 3. The normalized spacial score (nSPS) is 10.9. The number of anilines is 3. The maximum absolute atomic E-state index is 13.0. The van der Waals surface area contributed by atoms with Crippen LogP contribution in [0.1, 0.15) is 11.1 Å².